The number of nitrogens with zero attached hydrogens (tertiary/aromatic N) is 3. The van der Waals surface area contributed by atoms with Gasteiger partial charge in [-0.2, -0.15) is 5.10 Å². The molecule has 0 radical (unpaired) electrons. The second kappa shape index (κ2) is 7.73. The number of amides is 1. The van der Waals surface area contributed by atoms with Crippen molar-refractivity contribution in [1.29, 1.82) is 0 Å². The summed E-state index contributed by atoms with van der Waals surface area (Å²) in [6, 6.07) is 8.46. The Hall–Kier alpha value is -3.13. The summed E-state index contributed by atoms with van der Waals surface area (Å²) in [6.07, 6.45) is 0. The maximum Gasteiger partial charge on any atom is 0.270 e. The third kappa shape index (κ3) is 3.53. The molecule has 174 valence electrons. The van der Waals surface area contributed by atoms with E-state index in [1.54, 1.807) is 31.9 Å². The zero-order chi connectivity index (χ0) is 24.3. The van der Waals surface area contributed by atoms with E-state index in [4.69, 9.17) is 4.74 Å². The molecule has 8 heteroatoms. The van der Waals surface area contributed by atoms with Crippen LogP contribution in [0.4, 0.5) is 20.3 Å². The van der Waals surface area contributed by atoms with Crippen LogP contribution >= 0.6 is 0 Å². The standard InChI is InChI=1S/C25H28F2N4O2/c1-13-16(9-8-10-19(13)25(5,26)27)14(2)28-22-18-11-20-21(12-17(18)15(3)29-30-22)31(6)23(32)24(20,4)33-7/h8-12,14H,1-7H3,(H,28,30). The van der Waals surface area contributed by atoms with Gasteiger partial charge in [0.1, 0.15) is 0 Å². The van der Waals surface area contributed by atoms with E-state index in [1.165, 1.54) is 13.2 Å². The molecule has 0 bridgehead atoms. The van der Waals surface area contributed by atoms with Gasteiger partial charge in [-0.25, -0.2) is 8.78 Å². The molecule has 1 aliphatic heterocycles. The van der Waals surface area contributed by atoms with Gasteiger partial charge in [0.15, 0.2) is 11.4 Å². The van der Waals surface area contributed by atoms with Crippen molar-refractivity contribution in [3.8, 4) is 0 Å². The van der Waals surface area contributed by atoms with Crippen LogP contribution < -0.4 is 10.2 Å². The van der Waals surface area contributed by atoms with Crippen LogP contribution in [-0.2, 0) is 21.1 Å². The largest absolute Gasteiger partial charge is 0.364 e. The summed E-state index contributed by atoms with van der Waals surface area (Å²) in [4.78, 5) is 14.5. The average Bonchev–Trinajstić information content (AvgIpc) is 2.95. The van der Waals surface area contributed by atoms with Crippen molar-refractivity contribution in [2.75, 3.05) is 24.4 Å². The molecule has 2 atom stereocenters. The molecule has 1 N–H and O–H groups in total. The molecule has 6 nitrogen and oxygen atoms in total. The van der Waals surface area contributed by atoms with Gasteiger partial charge in [-0.3, -0.25) is 4.79 Å². The summed E-state index contributed by atoms with van der Waals surface area (Å²) in [7, 11) is 3.24. The van der Waals surface area contributed by atoms with Crippen LogP contribution in [-0.4, -0.2) is 30.3 Å². The smallest absolute Gasteiger partial charge is 0.270 e. The number of nitrogens with one attached hydrogen (secondary N) is 1. The zero-order valence-corrected chi connectivity index (χ0v) is 19.9. The van der Waals surface area contributed by atoms with E-state index in [-0.39, 0.29) is 17.5 Å². The first-order valence-corrected chi connectivity index (χ1v) is 10.8. The first-order valence-electron chi connectivity index (χ1n) is 10.8. The lowest BCUT2D eigenvalue weighted by molar-refractivity contribution is -0.137. The quantitative estimate of drug-likeness (QED) is 0.561. The molecule has 1 aliphatic rings. The van der Waals surface area contributed by atoms with Crippen LogP contribution in [0.1, 0.15) is 54.8 Å². The number of anilines is 2. The minimum Gasteiger partial charge on any atom is -0.364 e. The number of fused-ring (bicyclic) bond motifs is 2. The van der Waals surface area contributed by atoms with E-state index in [0.29, 0.717) is 11.4 Å². The second-order valence-electron chi connectivity index (χ2n) is 8.92. The number of carbonyl (C=O) groups is 1. The summed E-state index contributed by atoms with van der Waals surface area (Å²) in [5.41, 5.74) is 2.43. The number of hydrogen-bond acceptors (Lipinski definition) is 5. The molecule has 0 spiro atoms. The Morgan fingerprint density at radius 3 is 2.52 bits per heavy atom. The summed E-state index contributed by atoms with van der Waals surface area (Å²) in [5, 5.41) is 13.6. The predicted molar refractivity (Wildman–Crippen MR) is 125 cm³/mol. The van der Waals surface area contributed by atoms with Gasteiger partial charge in [-0.15, -0.1) is 5.10 Å². The number of carbonyl (C=O) groups excluding carboxylic acids is 1. The van der Waals surface area contributed by atoms with Crippen molar-refractivity contribution in [3.05, 3.63) is 58.3 Å². The van der Waals surface area contributed by atoms with Crippen LogP contribution in [0, 0.1) is 13.8 Å². The highest BCUT2D eigenvalue weighted by Crippen LogP contribution is 2.45. The van der Waals surface area contributed by atoms with Crippen LogP contribution in [0.5, 0.6) is 0 Å². The molecule has 3 aromatic rings. The molecule has 4 rings (SSSR count). The molecule has 0 aliphatic carbocycles. The fourth-order valence-electron chi connectivity index (χ4n) is 4.71. The van der Waals surface area contributed by atoms with Gasteiger partial charge in [0, 0.05) is 43.0 Å². The number of aryl methyl sites for hydroxylation is 1. The monoisotopic (exact) mass is 454 g/mol. The third-order valence-corrected chi connectivity index (χ3v) is 6.75. The van der Waals surface area contributed by atoms with Gasteiger partial charge in [-0.05, 0) is 51.0 Å². The lowest BCUT2D eigenvalue weighted by Crippen LogP contribution is -2.37. The molecule has 2 heterocycles. The summed E-state index contributed by atoms with van der Waals surface area (Å²) >= 11 is 0. The van der Waals surface area contributed by atoms with Crippen LogP contribution in [0.2, 0.25) is 0 Å². The van der Waals surface area contributed by atoms with Crippen molar-refractivity contribution < 1.29 is 18.3 Å². The number of rotatable bonds is 5. The van der Waals surface area contributed by atoms with Crippen molar-refractivity contribution >= 4 is 28.2 Å². The molecule has 2 aromatic carbocycles. The molecular formula is C25H28F2N4O2. The third-order valence-electron chi connectivity index (χ3n) is 6.75. The molecule has 0 saturated heterocycles. The number of benzene rings is 2. The highest BCUT2D eigenvalue weighted by molar-refractivity contribution is 6.10. The Labute approximate surface area is 192 Å². The molecule has 1 aromatic heterocycles. The Morgan fingerprint density at radius 2 is 1.88 bits per heavy atom. The summed E-state index contributed by atoms with van der Waals surface area (Å²) in [6.45, 7) is 8.12. The average molecular weight is 455 g/mol. The van der Waals surface area contributed by atoms with Crippen LogP contribution in [0.25, 0.3) is 10.8 Å². The van der Waals surface area contributed by atoms with Gasteiger partial charge >= 0.3 is 0 Å². The van der Waals surface area contributed by atoms with Crippen molar-refractivity contribution in [3.63, 3.8) is 0 Å². The molecule has 33 heavy (non-hydrogen) atoms. The number of alkyl halides is 2. The van der Waals surface area contributed by atoms with Gasteiger partial charge in [0.25, 0.3) is 11.8 Å². The van der Waals surface area contributed by atoms with Crippen molar-refractivity contribution in [2.24, 2.45) is 0 Å². The summed E-state index contributed by atoms with van der Waals surface area (Å²) in [5.74, 6) is -2.57. The Balaban J connectivity index is 1.82. The highest BCUT2D eigenvalue weighted by atomic mass is 19.3. The van der Waals surface area contributed by atoms with E-state index in [1.807, 2.05) is 32.0 Å². The predicted octanol–water partition coefficient (Wildman–Crippen LogP) is 5.37. The lowest BCUT2D eigenvalue weighted by Gasteiger charge is -2.23. The molecule has 0 fully saturated rings. The number of halogens is 2. The van der Waals surface area contributed by atoms with Crippen molar-refractivity contribution in [2.45, 2.75) is 52.2 Å². The molecule has 0 saturated carbocycles. The first-order chi connectivity index (χ1) is 15.4. The van der Waals surface area contributed by atoms with Crippen molar-refractivity contribution in [1.82, 2.24) is 10.2 Å². The van der Waals surface area contributed by atoms with Gasteiger partial charge in [0.2, 0.25) is 0 Å². The van der Waals surface area contributed by atoms with E-state index in [9.17, 15) is 13.6 Å². The van der Waals surface area contributed by atoms with E-state index < -0.39 is 11.5 Å². The zero-order valence-electron chi connectivity index (χ0n) is 19.9. The minimum absolute atomic E-state index is 0.00345. The fraction of sp³-hybridized carbons (Fsp3) is 0.400. The van der Waals surface area contributed by atoms with Gasteiger partial charge < -0.3 is 15.0 Å². The number of likely N-dealkylation sites (N-methyl/N-ethyl adjacent to an activating group) is 1. The second-order valence-corrected chi connectivity index (χ2v) is 8.92. The van der Waals surface area contributed by atoms with Crippen LogP contribution in [0.15, 0.2) is 30.3 Å². The van der Waals surface area contributed by atoms with E-state index in [0.717, 1.165) is 40.2 Å². The SMILES string of the molecule is COC1(C)C(=O)N(C)c2cc3c(C)nnc(NC(C)c4cccc(C(C)(F)F)c4C)c3cc21. The molecular weight excluding hydrogens is 426 g/mol. The van der Waals surface area contributed by atoms with E-state index in [2.05, 4.69) is 15.5 Å². The topological polar surface area (TPSA) is 67.3 Å². The molecule has 1 amide bonds. The lowest BCUT2D eigenvalue weighted by atomic mass is 9.93. The number of methoxy groups -OCH3 is 1. The first kappa shape index (κ1) is 23.0. The van der Waals surface area contributed by atoms with E-state index >= 15 is 0 Å². The molecule has 2 unspecified atom stereocenters. The summed E-state index contributed by atoms with van der Waals surface area (Å²) < 4.78 is 33.7. The maximum absolute atomic E-state index is 14.0. The maximum atomic E-state index is 14.0. The van der Waals surface area contributed by atoms with Gasteiger partial charge in [-0.1, -0.05) is 18.2 Å². The highest BCUT2D eigenvalue weighted by Gasteiger charge is 2.47. The Bertz CT molecular complexity index is 1270. The van der Waals surface area contributed by atoms with Crippen LogP contribution in [0.3, 0.4) is 0 Å². The normalized spacial score (nSPS) is 19.2. The number of ether oxygens (including phenoxy) is 1. The Morgan fingerprint density at radius 1 is 1.18 bits per heavy atom. The Kier molecular flexibility index (Phi) is 5.40. The number of hydrogen-bond donors (Lipinski definition) is 1. The fourth-order valence-corrected chi connectivity index (χ4v) is 4.71. The van der Waals surface area contributed by atoms with Gasteiger partial charge in [0.05, 0.1) is 17.4 Å². The minimum atomic E-state index is -2.93. The number of aromatic nitrogens is 2.